The van der Waals surface area contributed by atoms with E-state index in [0.29, 0.717) is 5.02 Å². The summed E-state index contributed by atoms with van der Waals surface area (Å²) in [5.74, 6) is 0.634. The number of anilines is 1. The highest BCUT2D eigenvalue weighted by Gasteiger charge is 2.30. The molecule has 2 aliphatic rings. The number of halogens is 1. The first-order chi connectivity index (χ1) is 10.1. The van der Waals surface area contributed by atoms with Crippen LogP contribution in [0.3, 0.4) is 0 Å². The fraction of sp³-hybridized carbons (Fsp3) is 0.471. The predicted octanol–water partition coefficient (Wildman–Crippen LogP) is 4.06. The molecule has 1 aromatic rings. The summed E-state index contributed by atoms with van der Waals surface area (Å²) in [4.78, 5) is 13.2. The molecule has 4 heteroatoms. The predicted molar refractivity (Wildman–Crippen MR) is 85.8 cm³/mol. The van der Waals surface area contributed by atoms with E-state index in [-0.39, 0.29) is 0 Å². The van der Waals surface area contributed by atoms with Gasteiger partial charge in [0, 0.05) is 35.4 Å². The smallest absolute Gasteiger partial charge is 0.328 e. The molecule has 21 heavy (non-hydrogen) atoms. The molecule has 1 aromatic carbocycles. The largest absolute Gasteiger partial charge is 0.478 e. The first-order valence-electron chi connectivity index (χ1n) is 7.58. The fourth-order valence-electron chi connectivity index (χ4n) is 2.62. The van der Waals surface area contributed by atoms with Crippen LogP contribution in [-0.4, -0.2) is 24.2 Å². The van der Waals surface area contributed by atoms with Gasteiger partial charge >= 0.3 is 5.97 Å². The van der Waals surface area contributed by atoms with Gasteiger partial charge in [-0.2, -0.15) is 0 Å². The zero-order chi connectivity index (χ0) is 14.8. The van der Waals surface area contributed by atoms with Gasteiger partial charge in [0.15, 0.2) is 0 Å². The van der Waals surface area contributed by atoms with E-state index in [2.05, 4.69) is 11.0 Å². The van der Waals surface area contributed by atoms with Crippen molar-refractivity contribution in [2.24, 2.45) is 11.8 Å². The first-order valence-corrected chi connectivity index (χ1v) is 7.95. The fourth-order valence-corrected chi connectivity index (χ4v) is 2.85. The summed E-state index contributed by atoms with van der Waals surface area (Å²) in [7, 11) is 0. The summed E-state index contributed by atoms with van der Waals surface area (Å²) in [5.41, 5.74) is 1.89. The molecule has 0 aliphatic heterocycles. The third-order valence-corrected chi connectivity index (χ3v) is 4.44. The van der Waals surface area contributed by atoms with Crippen molar-refractivity contribution in [3.05, 3.63) is 34.9 Å². The third-order valence-electron chi connectivity index (χ3n) is 4.11. The molecule has 2 aliphatic carbocycles. The maximum Gasteiger partial charge on any atom is 0.328 e. The molecule has 3 nitrogen and oxygen atoms in total. The van der Waals surface area contributed by atoms with Crippen LogP contribution in [0, 0.1) is 11.8 Å². The van der Waals surface area contributed by atoms with Crippen molar-refractivity contribution in [2.75, 3.05) is 18.0 Å². The van der Waals surface area contributed by atoms with Gasteiger partial charge in [0.2, 0.25) is 0 Å². The second-order valence-corrected chi connectivity index (χ2v) is 6.54. The highest BCUT2D eigenvalue weighted by Crippen LogP contribution is 2.38. The van der Waals surface area contributed by atoms with Crippen LogP contribution < -0.4 is 4.90 Å². The summed E-state index contributed by atoms with van der Waals surface area (Å²) < 4.78 is 0. The van der Waals surface area contributed by atoms with Crippen LogP contribution in [0.25, 0.3) is 6.08 Å². The molecule has 0 spiro atoms. The Kier molecular flexibility index (Phi) is 4.20. The van der Waals surface area contributed by atoms with E-state index in [1.807, 2.05) is 12.1 Å². The Morgan fingerprint density at radius 3 is 2.38 bits per heavy atom. The van der Waals surface area contributed by atoms with Crippen LogP contribution in [0.2, 0.25) is 5.02 Å². The van der Waals surface area contributed by atoms with Crippen molar-refractivity contribution in [2.45, 2.75) is 25.7 Å². The minimum atomic E-state index is -0.947. The van der Waals surface area contributed by atoms with Crippen molar-refractivity contribution in [3.63, 3.8) is 0 Å². The number of carboxylic acids is 1. The van der Waals surface area contributed by atoms with Gasteiger partial charge in [-0.1, -0.05) is 17.7 Å². The van der Waals surface area contributed by atoms with E-state index in [1.54, 1.807) is 6.08 Å². The average Bonchev–Trinajstić information content (AvgIpc) is 3.31. The molecule has 112 valence electrons. The van der Waals surface area contributed by atoms with Crippen LogP contribution in [-0.2, 0) is 4.79 Å². The first kappa shape index (κ1) is 14.5. The van der Waals surface area contributed by atoms with Gasteiger partial charge in [0.25, 0.3) is 0 Å². The molecule has 3 rings (SSSR count). The van der Waals surface area contributed by atoms with Crippen molar-refractivity contribution in [3.8, 4) is 0 Å². The zero-order valence-electron chi connectivity index (χ0n) is 12.0. The standard InChI is InChI=1S/C17H20ClNO2/c18-15-2-1-3-16(14(15)8-9-17(20)21)19(10-12-4-5-12)11-13-6-7-13/h1-3,8-9,12-13H,4-7,10-11H2,(H,20,21). The molecular formula is C17H20ClNO2. The Bertz CT molecular complexity index is 548. The van der Waals surface area contributed by atoms with Gasteiger partial charge in [0.05, 0.1) is 0 Å². The van der Waals surface area contributed by atoms with Crippen molar-refractivity contribution >= 4 is 29.3 Å². The molecule has 0 saturated heterocycles. The van der Waals surface area contributed by atoms with E-state index in [0.717, 1.165) is 42.3 Å². The monoisotopic (exact) mass is 305 g/mol. The number of rotatable bonds is 7. The minimum absolute atomic E-state index is 0.613. The van der Waals surface area contributed by atoms with Crippen LogP contribution in [0.5, 0.6) is 0 Å². The van der Waals surface area contributed by atoms with Crippen LogP contribution in [0.15, 0.2) is 24.3 Å². The molecule has 0 amide bonds. The van der Waals surface area contributed by atoms with Crippen LogP contribution in [0.4, 0.5) is 5.69 Å². The molecule has 0 radical (unpaired) electrons. The lowest BCUT2D eigenvalue weighted by Gasteiger charge is -2.27. The number of carbonyl (C=O) groups is 1. The van der Waals surface area contributed by atoms with Gasteiger partial charge in [-0.05, 0) is 55.7 Å². The summed E-state index contributed by atoms with van der Waals surface area (Å²) in [5, 5.41) is 9.48. The Morgan fingerprint density at radius 2 is 1.86 bits per heavy atom. The van der Waals surface area contributed by atoms with E-state index in [4.69, 9.17) is 16.7 Å². The second-order valence-electron chi connectivity index (χ2n) is 6.14. The van der Waals surface area contributed by atoms with E-state index in [9.17, 15) is 4.79 Å². The van der Waals surface area contributed by atoms with Crippen molar-refractivity contribution in [1.82, 2.24) is 0 Å². The Hall–Kier alpha value is -1.48. The SMILES string of the molecule is O=C(O)C=Cc1c(Cl)cccc1N(CC1CC1)CC1CC1. The minimum Gasteiger partial charge on any atom is -0.478 e. The number of benzene rings is 1. The highest BCUT2D eigenvalue weighted by molar-refractivity contribution is 6.32. The van der Waals surface area contributed by atoms with Gasteiger partial charge in [-0.25, -0.2) is 4.79 Å². The zero-order valence-corrected chi connectivity index (χ0v) is 12.7. The lowest BCUT2D eigenvalue weighted by atomic mass is 10.1. The Balaban J connectivity index is 1.88. The van der Waals surface area contributed by atoms with Crippen LogP contribution >= 0.6 is 11.6 Å². The van der Waals surface area contributed by atoms with Gasteiger partial charge in [-0.15, -0.1) is 0 Å². The molecule has 0 atom stereocenters. The number of hydrogen-bond donors (Lipinski definition) is 1. The molecular weight excluding hydrogens is 286 g/mol. The summed E-state index contributed by atoms with van der Waals surface area (Å²) in [6.07, 6.45) is 8.01. The maximum absolute atomic E-state index is 10.8. The third kappa shape index (κ3) is 4.01. The molecule has 0 bridgehead atoms. The maximum atomic E-state index is 10.8. The highest BCUT2D eigenvalue weighted by atomic mass is 35.5. The number of hydrogen-bond acceptors (Lipinski definition) is 2. The summed E-state index contributed by atoms with van der Waals surface area (Å²) in [6, 6.07) is 5.82. The second kappa shape index (κ2) is 6.10. The van der Waals surface area contributed by atoms with Crippen LogP contribution in [0.1, 0.15) is 31.2 Å². The molecule has 0 unspecified atom stereocenters. The lowest BCUT2D eigenvalue weighted by Crippen LogP contribution is -2.28. The van der Waals surface area contributed by atoms with E-state index < -0.39 is 5.97 Å². The molecule has 0 aromatic heterocycles. The van der Waals surface area contributed by atoms with Gasteiger partial charge < -0.3 is 10.0 Å². The lowest BCUT2D eigenvalue weighted by molar-refractivity contribution is -0.131. The number of nitrogens with zero attached hydrogens (tertiary/aromatic N) is 1. The van der Waals surface area contributed by atoms with Gasteiger partial charge in [0.1, 0.15) is 0 Å². The molecule has 1 N–H and O–H groups in total. The topological polar surface area (TPSA) is 40.5 Å². The molecule has 2 saturated carbocycles. The van der Waals surface area contributed by atoms with E-state index in [1.165, 1.54) is 25.7 Å². The molecule has 0 heterocycles. The summed E-state index contributed by atoms with van der Waals surface area (Å²) in [6.45, 7) is 2.12. The summed E-state index contributed by atoms with van der Waals surface area (Å²) >= 11 is 6.29. The number of carboxylic acid groups (broad SMARTS) is 1. The van der Waals surface area contributed by atoms with Crippen molar-refractivity contribution < 1.29 is 9.90 Å². The molecule has 2 fully saturated rings. The Labute approximate surface area is 130 Å². The van der Waals surface area contributed by atoms with Gasteiger partial charge in [-0.3, -0.25) is 0 Å². The normalized spacial score (nSPS) is 18.1. The Morgan fingerprint density at radius 1 is 1.24 bits per heavy atom. The average molecular weight is 306 g/mol. The quantitative estimate of drug-likeness (QED) is 0.772. The van der Waals surface area contributed by atoms with Crippen molar-refractivity contribution in [1.29, 1.82) is 0 Å². The number of aliphatic carboxylic acids is 1. The van der Waals surface area contributed by atoms with E-state index >= 15 is 0 Å².